The molecular weight excluding hydrogens is 310 g/mol. The topological polar surface area (TPSA) is 115 Å². The molecule has 0 aromatic rings. The fourth-order valence-electron chi connectivity index (χ4n) is 0.203. The minimum Gasteiger partial charge on any atom is -0.481 e. The van der Waals surface area contributed by atoms with Crippen molar-refractivity contribution in [2.45, 2.75) is 32.0 Å². The van der Waals surface area contributed by atoms with Gasteiger partial charge in [0.1, 0.15) is 0 Å². The van der Waals surface area contributed by atoms with E-state index in [2.05, 4.69) is 4.74 Å². The van der Waals surface area contributed by atoms with E-state index in [1.54, 1.807) is 13.8 Å². The zero-order valence-corrected chi connectivity index (χ0v) is 13.0. The van der Waals surface area contributed by atoms with Gasteiger partial charge in [0.2, 0.25) is 0 Å². The van der Waals surface area contributed by atoms with Crippen LogP contribution < -0.4 is 0 Å². The van der Waals surface area contributed by atoms with Crippen LogP contribution in [0.5, 0.6) is 0 Å². The van der Waals surface area contributed by atoms with E-state index in [0.29, 0.717) is 6.61 Å². The van der Waals surface area contributed by atoms with Crippen LogP contribution in [0.2, 0.25) is 0 Å². The molecule has 0 fully saturated rings. The summed E-state index contributed by atoms with van der Waals surface area (Å²) in [6.45, 7) is 6.67. The first-order chi connectivity index (χ1) is 7.65. The second-order valence-corrected chi connectivity index (χ2v) is 3.99. The van der Waals surface area contributed by atoms with Gasteiger partial charge >= 0.3 is 5.97 Å². The number of aliphatic hydroxyl groups excluding tert-OH is 1. The van der Waals surface area contributed by atoms with E-state index in [4.69, 9.17) is 49.8 Å². The summed E-state index contributed by atoms with van der Waals surface area (Å²) in [5, 5.41) is 15.0. The second kappa shape index (κ2) is 30.1. The van der Waals surface area contributed by atoms with Gasteiger partial charge in [-0.2, -0.15) is 0 Å². The van der Waals surface area contributed by atoms with Gasteiger partial charge in [-0.1, -0.05) is 34.8 Å². The van der Waals surface area contributed by atoms with Gasteiger partial charge in [-0.05, 0) is 13.8 Å². The molecule has 0 aromatic carbocycles. The molecule has 0 aliphatic rings. The average Bonchev–Trinajstić information content (AvgIpc) is 2.01. The van der Waals surface area contributed by atoms with Crippen molar-refractivity contribution in [3.05, 3.63) is 0 Å². The molecule has 0 unspecified atom stereocenters. The van der Waals surface area contributed by atoms with E-state index in [0.717, 1.165) is 6.92 Å². The third-order valence-corrected chi connectivity index (χ3v) is 0.348. The summed E-state index contributed by atoms with van der Waals surface area (Å²) in [6, 6.07) is 0. The lowest BCUT2D eigenvalue weighted by Gasteiger charge is -1.89. The summed E-state index contributed by atoms with van der Waals surface area (Å²) in [4.78, 5) is 18.8. The van der Waals surface area contributed by atoms with Crippen molar-refractivity contribution in [3.63, 3.8) is 0 Å². The number of hydrogen-bond acceptors (Lipinski definition) is 4. The van der Waals surface area contributed by atoms with E-state index >= 15 is 0 Å². The molecule has 4 N–H and O–H groups in total. The van der Waals surface area contributed by atoms with Crippen LogP contribution in [0.15, 0.2) is 0 Å². The molecule has 0 aliphatic heterocycles. The molecule has 114 valence electrons. The number of halogens is 3. The molecule has 0 saturated carbocycles. The summed E-state index contributed by atoms with van der Waals surface area (Å²) < 4.78 is 3.65. The Hall–Kier alpha value is -0.270. The van der Waals surface area contributed by atoms with E-state index in [1.165, 1.54) is 6.92 Å². The van der Waals surface area contributed by atoms with E-state index in [1.807, 2.05) is 0 Å². The lowest BCUT2D eigenvalue weighted by Crippen LogP contribution is -1.95. The number of aliphatic hydroxyl groups is 1. The number of alkyl halides is 3. The Balaban J connectivity index is -0.0000000424. The summed E-state index contributed by atoms with van der Waals surface area (Å²) in [7, 11) is 0. The predicted octanol–water partition coefficient (Wildman–Crippen LogP) is 1.82. The smallest absolute Gasteiger partial charge is 0.302 e. The summed E-state index contributed by atoms with van der Waals surface area (Å²) in [6.07, 6.45) is 0. The number of carboxylic acid groups (broad SMARTS) is 1. The first-order valence-electron chi connectivity index (χ1n) is 4.51. The average molecular weight is 332 g/mol. The number of hydrogen-bond donors (Lipinski definition) is 2. The lowest BCUT2D eigenvalue weighted by atomic mass is 10.8. The molecule has 0 saturated heterocycles. The van der Waals surface area contributed by atoms with Crippen molar-refractivity contribution in [2.75, 3.05) is 13.2 Å². The Bertz CT molecular complexity index is 160. The van der Waals surface area contributed by atoms with Crippen LogP contribution in [0, 0.1) is 0 Å². The molecule has 0 spiro atoms. The minimum absolute atomic E-state index is 0. The molecule has 0 radical (unpaired) electrons. The predicted molar refractivity (Wildman–Crippen MR) is 73.3 cm³/mol. The number of esters is 1. The molecule has 18 heavy (non-hydrogen) atoms. The number of carboxylic acids is 1. The number of ether oxygens (including phenoxy) is 1. The van der Waals surface area contributed by atoms with E-state index < -0.39 is 10.3 Å². The van der Waals surface area contributed by atoms with Crippen molar-refractivity contribution >= 4 is 46.7 Å². The lowest BCUT2D eigenvalue weighted by molar-refractivity contribution is -0.140. The van der Waals surface area contributed by atoms with Crippen molar-refractivity contribution in [2.24, 2.45) is 0 Å². The summed E-state index contributed by atoms with van der Waals surface area (Å²) in [5.41, 5.74) is 0. The van der Waals surface area contributed by atoms with Crippen molar-refractivity contribution in [3.8, 4) is 0 Å². The Kier molecular flexibility index (Phi) is 51.2. The molecular formula is C9H21Cl3O6. The summed E-state index contributed by atoms with van der Waals surface area (Å²) >= 11 is 14.4. The molecule has 0 rings (SSSR count). The maximum absolute atomic E-state index is 9.82. The van der Waals surface area contributed by atoms with Crippen LogP contribution >= 0.6 is 34.8 Å². The summed E-state index contributed by atoms with van der Waals surface area (Å²) in [5.74, 6) is -1.04. The van der Waals surface area contributed by atoms with Gasteiger partial charge in [0, 0.05) is 20.5 Å². The van der Waals surface area contributed by atoms with Crippen LogP contribution in [0.25, 0.3) is 0 Å². The fourth-order valence-corrected chi connectivity index (χ4v) is 0.203. The number of rotatable bonds is 1. The maximum Gasteiger partial charge on any atom is 0.302 e. The Morgan fingerprint density at radius 3 is 1.33 bits per heavy atom. The molecule has 0 aliphatic carbocycles. The maximum atomic E-state index is 9.82. The third kappa shape index (κ3) is 458. The van der Waals surface area contributed by atoms with Crippen molar-refractivity contribution < 1.29 is 30.0 Å². The molecule has 0 bridgehead atoms. The zero-order chi connectivity index (χ0) is 14.9. The first-order valence-corrected chi connectivity index (χ1v) is 5.82. The van der Waals surface area contributed by atoms with Gasteiger partial charge in [-0.25, -0.2) is 0 Å². The van der Waals surface area contributed by atoms with Gasteiger partial charge in [0.05, 0.1) is 6.61 Å². The van der Waals surface area contributed by atoms with Crippen LogP contribution in [-0.2, 0) is 14.3 Å². The number of carbonyl (C=O) groups excluding carboxylic acids is 1. The Labute approximate surface area is 122 Å². The largest absolute Gasteiger partial charge is 0.481 e. The second-order valence-electron chi connectivity index (χ2n) is 2.01. The molecule has 0 heterocycles. The highest BCUT2D eigenvalue weighted by Crippen LogP contribution is 2.03. The van der Waals surface area contributed by atoms with Gasteiger partial charge in [0.15, 0.2) is 4.30 Å². The van der Waals surface area contributed by atoms with Crippen molar-refractivity contribution in [1.29, 1.82) is 0 Å². The van der Waals surface area contributed by atoms with Gasteiger partial charge in [-0.3, -0.25) is 9.59 Å². The SMILES string of the molecule is CC(=O)O.CCO.CCOC(C)=O.ClC(Cl)Cl.O. The molecule has 0 atom stereocenters. The first kappa shape index (κ1) is 30.6. The highest BCUT2D eigenvalue weighted by atomic mass is 35.6. The Morgan fingerprint density at radius 2 is 1.33 bits per heavy atom. The quantitative estimate of drug-likeness (QED) is 0.561. The number of carbonyl (C=O) groups is 2. The fraction of sp³-hybridized carbons (Fsp3) is 0.778. The van der Waals surface area contributed by atoms with Gasteiger partial charge < -0.3 is 20.4 Å². The van der Waals surface area contributed by atoms with Crippen LogP contribution in [0.4, 0.5) is 0 Å². The Morgan fingerprint density at radius 1 is 1.17 bits per heavy atom. The van der Waals surface area contributed by atoms with Crippen molar-refractivity contribution in [1.82, 2.24) is 0 Å². The van der Waals surface area contributed by atoms with Crippen LogP contribution in [-0.4, -0.2) is 45.1 Å². The monoisotopic (exact) mass is 330 g/mol. The molecule has 0 aromatic heterocycles. The third-order valence-electron chi connectivity index (χ3n) is 0.348. The molecule has 6 nitrogen and oxygen atoms in total. The van der Waals surface area contributed by atoms with E-state index in [-0.39, 0.29) is 18.1 Å². The molecule has 0 amide bonds. The van der Waals surface area contributed by atoms with Crippen LogP contribution in [0.1, 0.15) is 27.7 Å². The standard InChI is InChI=1S/C4H8O2.C2H4O2.C2H6O.CHCl3.H2O/c1-3-6-4(2)5;1-2(3)4;1-2-3;2-1(3)4;/h3H2,1-2H3;1H3,(H,3,4);3H,2H2,1H3;1H;1H2. The van der Waals surface area contributed by atoms with Crippen LogP contribution in [0.3, 0.4) is 0 Å². The zero-order valence-electron chi connectivity index (χ0n) is 10.7. The van der Waals surface area contributed by atoms with Gasteiger partial charge in [-0.15, -0.1) is 0 Å². The highest BCUT2D eigenvalue weighted by Gasteiger charge is 1.81. The van der Waals surface area contributed by atoms with E-state index in [9.17, 15) is 4.79 Å². The minimum atomic E-state index is -0.833. The number of aliphatic carboxylic acids is 1. The highest BCUT2D eigenvalue weighted by molar-refractivity contribution is 6.63. The molecule has 9 heteroatoms. The normalized spacial score (nSPS) is 6.94. The van der Waals surface area contributed by atoms with Gasteiger partial charge in [0.25, 0.3) is 5.97 Å².